The van der Waals surface area contributed by atoms with Crippen LogP contribution in [-0.4, -0.2) is 43.0 Å². The third kappa shape index (κ3) is 3.49. The monoisotopic (exact) mass is 438 g/mol. The van der Waals surface area contributed by atoms with E-state index in [4.69, 9.17) is 10.5 Å². The minimum atomic E-state index is -4.61. The number of fused-ring (bicyclic) bond motifs is 1. The third-order valence-corrected chi connectivity index (χ3v) is 5.15. The normalized spacial score (nSPS) is 17.5. The quantitative estimate of drug-likeness (QED) is 0.675. The van der Waals surface area contributed by atoms with Gasteiger partial charge in [-0.15, -0.1) is 0 Å². The van der Waals surface area contributed by atoms with Crippen LogP contribution < -0.4 is 10.5 Å². The van der Waals surface area contributed by atoms with Crippen molar-refractivity contribution in [3.63, 3.8) is 0 Å². The summed E-state index contributed by atoms with van der Waals surface area (Å²) in [5.74, 6) is -0.151. The molecule has 2 aromatic rings. The maximum absolute atomic E-state index is 13.7. The van der Waals surface area contributed by atoms with E-state index in [0.717, 1.165) is 30.3 Å². The van der Waals surface area contributed by atoms with Crippen LogP contribution in [0, 0.1) is 0 Å². The summed E-state index contributed by atoms with van der Waals surface area (Å²) < 4.78 is 98.4. The SMILES string of the molecule is NCC(O)(c1cc2c(c(-c3ccc(C(F)(F)F)cc3)n1)OCC2(CF)CF)C(F)F. The Morgan fingerprint density at radius 1 is 1.13 bits per heavy atom. The smallest absolute Gasteiger partial charge is 0.416 e. The number of nitrogens with two attached hydrogens (primary N) is 1. The molecule has 164 valence electrons. The molecule has 30 heavy (non-hydrogen) atoms. The number of rotatable bonds is 6. The fraction of sp³-hybridized carbons (Fsp3) is 0.421. The van der Waals surface area contributed by atoms with Gasteiger partial charge in [-0.05, 0) is 18.2 Å². The number of ether oxygens (including phenoxy) is 1. The summed E-state index contributed by atoms with van der Waals surface area (Å²) in [4.78, 5) is 3.94. The van der Waals surface area contributed by atoms with Crippen molar-refractivity contribution in [2.75, 3.05) is 26.5 Å². The maximum Gasteiger partial charge on any atom is 0.416 e. The molecule has 1 aliphatic rings. The first-order valence-electron chi connectivity index (χ1n) is 8.71. The first kappa shape index (κ1) is 22.3. The van der Waals surface area contributed by atoms with Crippen LogP contribution in [0.1, 0.15) is 16.8 Å². The molecule has 3 N–H and O–H groups in total. The van der Waals surface area contributed by atoms with Gasteiger partial charge in [0.2, 0.25) is 0 Å². The number of pyridine rings is 1. The lowest BCUT2D eigenvalue weighted by Crippen LogP contribution is -2.43. The summed E-state index contributed by atoms with van der Waals surface area (Å²) in [6, 6.07) is 4.43. The van der Waals surface area contributed by atoms with Crippen molar-refractivity contribution in [2.45, 2.75) is 23.6 Å². The Hall–Kier alpha value is -2.40. The van der Waals surface area contributed by atoms with Crippen molar-refractivity contribution in [2.24, 2.45) is 5.73 Å². The molecule has 1 aromatic heterocycles. The molecule has 0 fully saturated rings. The van der Waals surface area contributed by atoms with Crippen molar-refractivity contribution >= 4 is 0 Å². The summed E-state index contributed by atoms with van der Waals surface area (Å²) in [6.07, 6.45) is -8.00. The molecular weight excluding hydrogens is 421 g/mol. The molecule has 0 bridgehead atoms. The summed E-state index contributed by atoms with van der Waals surface area (Å²) in [5.41, 5.74) is -1.44. The summed E-state index contributed by atoms with van der Waals surface area (Å²) >= 11 is 0. The van der Waals surface area contributed by atoms with Crippen molar-refractivity contribution in [1.82, 2.24) is 4.98 Å². The number of nitrogens with zero attached hydrogens (tertiary/aromatic N) is 1. The second-order valence-electron chi connectivity index (χ2n) is 7.07. The van der Waals surface area contributed by atoms with Gasteiger partial charge in [0.1, 0.15) is 31.4 Å². The highest BCUT2D eigenvalue weighted by Gasteiger charge is 2.47. The van der Waals surface area contributed by atoms with Crippen LogP contribution in [0.25, 0.3) is 11.3 Å². The standard InChI is InChI=1S/C19H17F7N2O2/c20-6-17(7-21)9-30-15-12(17)5-13(18(29,8-27)16(22)23)28-14(15)10-1-3-11(4-2-10)19(24,25)26/h1-5,16,29H,6-9,27H2. The molecule has 0 aliphatic carbocycles. The van der Waals surface area contributed by atoms with Crippen molar-refractivity contribution in [3.05, 3.63) is 47.2 Å². The first-order chi connectivity index (χ1) is 14.0. The number of halogens is 7. The Kier molecular flexibility index (Phi) is 5.72. The van der Waals surface area contributed by atoms with E-state index in [-0.39, 0.29) is 22.6 Å². The topological polar surface area (TPSA) is 68.4 Å². The minimum Gasteiger partial charge on any atom is -0.490 e. The zero-order valence-corrected chi connectivity index (χ0v) is 15.3. The van der Waals surface area contributed by atoms with E-state index in [1.165, 1.54) is 0 Å². The Labute approximate surface area is 166 Å². The maximum atomic E-state index is 13.7. The van der Waals surface area contributed by atoms with E-state index in [1.54, 1.807) is 0 Å². The molecule has 0 saturated heterocycles. The van der Waals surface area contributed by atoms with Crippen LogP contribution in [0.5, 0.6) is 5.75 Å². The molecule has 4 nitrogen and oxygen atoms in total. The molecule has 0 radical (unpaired) electrons. The summed E-state index contributed by atoms with van der Waals surface area (Å²) in [7, 11) is 0. The van der Waals surface area contributed by atoms with E-state index in [2.05, 4.69) is 4.98 Å². The van der Waals surface area contributed by atoms with Crippen LogP contribution in [0.15, 0.2) is 30.3 Å². The largest absolute Gasteiger partial charge is 0.490 e. The predicted octanol–water partition coefficient (Wildman–Crippen LogP) is 3.75. The highest BCUT2D eigenvalue weighted by Crippen LogP contribution is 2.47. The van der Waals surface area contributed by atoms with Gasteiger partial charge in [0.25, 0.3) is 6.43 Å². The fourth-order valence-corrected chi connectivity index (χ4v) is 3.16. The van der Waals surface area contributed by atoms with Gasteiger partial charge in [-0.25, -0.2) is 22.5 Å². The highest BCUT2D eigenvalue weighted by atomic mass is 19.4. The van der Waals surface area contributed by atoms with E-state index in [0.29, 0.717) is 0 Å². The molecule has 3 rings (SSSR count). The van der Waals surface area contributed by atoms with Gasteiger partial charge in [-0.1, -0.05) is 12.1 Å². The van der Waals surface area contributed by atoms with Crippen LogP contribution in [0.4, 0.5) is 30.7 Å². The van der Waals surface area contributed by atoms with E-state index in [1.807, 2.05) is 0 Å². The molecule has 1 aliphatic heterocycles. The van der Waals surface area contributed by atoms with Gasteiger partial charge in [0, 0.05) is 17.7 Å². The molecular formula is C19H17F7N2O2. The Balaban J connectivity index is 2.25. The van der Waals surface area contributed by atoms with Crippen LogP contribution in [-0.2, 0) is 17.2 Å². The van der Waals surface area contributed by atoms with Crippen LogP contribution in [0.3, 0.4) is 0 Å². The average molecular weight is 438 g/mol. The Bertz CT molecular complexity index is 914. The third-order valence-electron chi connectivity index (χ3n) is 5.15. The highest BCUT2D eigenvalue weighted by molar-refractivity contribution is 5.71. The Morgan fingerprint density at radius 2 is 1.73 bits per heavy atom. The zero-order chi connectivity index (χ0) is 22.3. The molecule has 1 atom stereocenters. The van der Waals surface area contributed by atoms with Gasteiger partial charge >= 0.3 is 6.18 Å². The van der Waals surface area contributed by atoms with Gasteiger partial charge in [0.15, 0.2) is 5.60 Å². The molecule has 1 aromatic carbocycles. The number of aliphatic hydroxyl groups is 1. The van der Waals surface area contributed by atoms with Crippen molar-refractivity contribution in [3.8, 4) is 17.0 Å². The van der Waals surface area contributed by atoms with E-state index >= 15 is 0 Å². The summed E-state index contributed by atoms with van der Waals surface area (Å²) in [5, 5.41) is 10.3. The number of benzene rings is 1. The molecule has 1 unspecified atom stereocenters. The predicted molar refractivity (Wildman–Crippen MR) is 92.8 cm³/mol. The first-order valence-corrected chi connectivity index (χ1v) is 8.71. The van der Waals surface area contributed by atoms with Gasteiger partial charge < -0.3 is 15.6 Å². The molecule has 0 saturated carbocycles. The van der Waals surface area contributed by atoms with Crippen LogP contribution in [0.2, 0.25) is 0 Å². The number of aromatic nitrogens is 1. The van der Waals surface area contributed by atoms with E-state index < -0.39 is 61.4 Å². The van der Waals surface area contributed by atoms with Crippen LogP contribution >= 0.6 is 0 Å². The van der Waals surface area contributed by atoms with E-state index in [9.17, 15) is 35.8 Å². The molecule has 0 amide bonds. The zero-order valence-electron chi connectivity index (χ0n) is 15.3. The lowest BCUT2D eigenvalue weighted by atomic mass is 9.83. The van der Waals surface area contributed by atoms with Gasteiger partial charge in [-0.2, -0.15) is 13.2 Å². The van der Waals surface area contributed by atoms with Crippen molar-refractivity contribution < 1.29 is 40.6 Å². The lowest BCUT2D eigenvalue weighted by Gasteiger charge is -2.27. The minimum absolute atomic E-state index is 0.0169. The molecule has 2 heterocycles. The van der Waals surface area contributed by atoms with Gasteiger partial charge in [0.05, 0.1) is 16.7 Å². The van der Waals surface area contributed by atoms with Crippen molar-refractivity contribution in [1.29, 1.82) is 0 Å². The number of alkyl halides is 7. The lowest BCUT2D eigenvalue weighted by molar-refractivity contribution is -0.137. The number of hydrogen-bond acceptors (Lipinski definition) is 4. The fourth-order valence-electron chi connectivity index (χ4n) is 3.16. The second kappa shape index (κ2) is 7.69. The average Bonchev–Trinajstić information content (AvgIpc) is 3.11. The summed E-state index contributed by atoms with van der Waals surface area (Å²) in [6.45, 7) is -3.89. The second-order valence-corrected chi connectivity index (χ2v) is 7.07. The molecule has 0 spiro atoms. The number of hydrogen-bond donors (Lipinski definition) is 2. The van der Waals surface area contributed by atoms with Gasteiger partial charge in [-0.3, -0.25) is 0 Å². The molecule has 11 heteroatoms. The Morgan fingerprint density at radius 3 is 2.20 bits per heavy atom.